The molecule has 0 bridgehead atoms. The molecule has 6 aromatic carbocycles. The molecule has 6 aliphatic rings. The average molecular weight is 839 g/mol. The first-order valence-corrected chi connectivity index (χ1v) is 23.7. The van der Waals surface area contributed by atoms with Gasteiger partial charge in [-0.3, -0.25) is 0 Å². The van der Waals surface area contributed by atoms with Crippen LogP contribution in [0.5, 0.6) is 0 Å². The van der Waals surface area contributed by atoms with E-state index in [1.807, 2.05) is 0 Å². The number of anilines is 4. The molecule has 0 fully saturated rings. The molecule has 0 spiro atoms. The van der Waals surface area contributed by atoms with Gasteiger partial charge in [0, 0.05) is 51.5 Å². The zero-order valence-corrected chi connectivity index (χ0v) is 37.3. The summed E-state index contributed by atoms with van der Waals surface area (Å²) < 4.78 is 0. The Hall–Kier alpha value is -7.16. The zero-order chi connectivity index (χ0) is 43.5. The Morgan fingerprint density at radius 2 is 1.32 bits per heavy atom. The molecule has 0 saturated heterocycles. The molecule has 0 amide bonds. The molecule has 0 heterocycles. The van der Waals surface area contributed by atoms with Crippen LogP contribution < -0.4 is 10.2 Å². The molecule has 0 aliphatic heterocycles. The molecule has 3 unspecified atom stereocenters. The molecular weight excluding hydrogens is 785 g/mol. The van der Waals surface area contributed by atoms with Gasteiger partial charge < -0.3 is 10.2 Å². The summed E-state index contributed by atoms with van der Waals surface area (Å²) in [5.41, 5.74) is 23.6. The molecule has 6 aliphatic carbocycles. The van der Waals surface area contributed by atoms with Gasteiger partial charge in [0.05, 0.1) is 5.69 Å². The molecule has 0 aromatic heterocycles. The van der Waals surface area contributed by atoms with E-state index in [9.17, 15) is 0 Å². The quantitative estimate of drug-likeness (QED) is 0.164. The predicted octanol–water partition coefficient (Wildman–Crippen LogP) is 16.7. The van der Waals surface area contributed by atoms with Crippen LogP contribution in [0.25, 0.3) is 22.8 Å². The average Bonchev–Trinajstić information content (AvgIpc) is 3.59. The molecule has 12 rings (SSSR count). The first-order chi connectivity index (χ1) is 32.0. The number of hydrogen-bond donors (Lipinski definition) is 1. The van der Waals surface area contributed by atoms with E-state index in [1.165, 1.54) is 89.4 Å². The second-order valence-electron chi connectivity index (χ2n) is 19.0. The molecule has 0 saturated carbocycles. The number of benzene rings is 6. The largest absolute Gasteiger partial charge is 0.356 e. The van der Waals surface area contributed by atoms with Crippen molar-refractivity contribution in [1.29, 1.82) is 0 Å². The van der Waals surface area contributed by atoms with Crippen LogP contribution in [-0.2, 0) is 5.41 Å². The number of fused-ring (bicyclic) bond motifs is 7. The lowest BCUT2D eigenvalue weighted by molar-refractivity contribution is 0.660. The summed E-state index contributed by atoms with van der Waals surface area (Å²) in [6.45, 7) is 4.74. The number of rotatable bonds is 8. The van der Waals surface area contributed by atoms with Crippen molar-refractivity contribution in [2.45, 2.75) is 69.1 Å². The second-order valence-corrected chi connectivity index (χ2v) is 19.0. The number of nitrogens with one attached hydrogen (secondary N) is 1. The van der Waals surface area contributed by atoms with Crippen molar-refractivity contribution < 1.29 is 0 Å². The van der Waals surface area contributed by atoms with Crippen molar-refractivity contribution in [3.05, 3.63) is 262 Å². The van der Waals surface area contributed by atoms with Gasteiger partial charge in [-0.15, -0.1) is 0 Å². The van der Waals surface area contributed by atoms with Crippen molar-refractivity contribution >= 4 is 34.4 Å². The maximum absolute atomic E-state index is 3.91. The highest BCUT2D eigenvalue weighted by molar-refractivity contribution is 5.91. The smallest absolute Gasteiger partial charge is 0.0539 e. The second kappa shape index (κ2) is 16.1. The lowest BCUT2D eigenvalue weighted by Gasteiger charge is -2.38. The summed E-state index contributed by atoms with van der Waals surface area (Å²) in [6, 6.07) is 52.3. The van der Waals surface area contributed by atoms with E-state index in [2.05, 4.69) is 230 Å². The highest BCUT2D eigenvalue weighted by atomic mass is 15.1. The molecule has 2 nitrogen and oxygen atoms in total. The summed E-state index contributed by atoms with van der Waals surface area (Å²) in [7, 11) is 0. The van der Waals surface area contributed by atoms with E-state index in [0.29, 0.717) is 11.8 Å². The summed E-state index contributed by atoms with van der Waals surface area (Å²) >= 11 is 0. The Kier molecular flexibility index (Phi) is 9.78. The highest BCUT2D eigenvalue weighted by Crippen LogP contribution is 2.54. The normalized spacial score (nSPS) is 20.7. The maximum atomic E-state index is 3.91. The van der Waals surface area contributed by atoms with Gasteiger partial charge >= 0.3 is 0 Å². The van der Waals surface area contributed by atoms with Gasteiger partial charge in [-0.05, 0) is 141 Å². The van der Waals surface area contributed by atoms with Crippen LogP contribution in [-0.4, -0.2) is 0 Å². The Labute approximate surface area is 384 Å². The van der Waals surface area contributed by atoms with Gasteiger partial charge in [0.25, 0.3) is 0 Å². The van der Waals surface area contributed by atoms with E-state index < -0.39 is 0 Å². The van der Waals surface area contributed by atoms with Crippen LogP contribution in [0.4, 0.5) is 22.7 Å². The Morgan fingerprint density at radius 1 is 0.585 bits per heavy atom. The summed E-state index contributed by atoms with van der Waals surface area (Å²) in [5, 5.41) is 3.91. The van der Waals surface area contributed by atoms with Gasteiger partial charge in [0.2, 0.25) is 0 Å². The third-order valence-corrected chi connectivity index (χ3v) is 14.9. The minimum Gasteiger partial charge on any atom is -0.356 e. The van der Waals surface area contributed by atoms with Crippen molar-refractivity contribution in [3.63, 3.8) is 0 Å². The van der Waals surface area contributed by atoms with Crippen molar-refractivity contribution in [2.75, 3.05) is 10.2 Å². The van der Waals surface area contributed by atoms with Gasteiger partial charge in [-0.2, -0.15) is 0 Å². The lowest BCUT2D eigenvalue weighted by atomic mass is 9.66. The fourth-order valence-corrected chi connectivity index (χ4v) is 11.7. The topological polar surface area (TPSA) is 15.3 Å². The third kappa shape index (κ3) is 6.86. The Bertz CT molecular complexity index is 3140. The van der Waals surface area contributed by atoms with Crippen LogP contribution >= 0.6 is 0 Å². The van der Waals surface area contributed by atoms with Crippen molar-refractivity contribution in [2.24, 2.45) is 0 Å². The van der Waals surface area contributed by atoms with Gasteiger partial charge in [0.15, 0.2) is 0 Å². The molecular formula is C63H54N2. The first kappa shape index (κ1) is 39.4. The van der Waals surface area contributed by atoms with Crippen LogP contribution in [0.1, 0.15) is 103 Å². The van der Waals surface area contributed by atoms with Gasteiger partial charge in [-0.1, -0.05) is 178 Å². The predicted molar refractivity (Wildman–Crippen MR) is 274 cm³/mol. The summed E-state index contributed by atoms with van der Waals surface area (Å²) in [4.78, 5) is 2.48. The van der Waals surface area contributed by atoms with Crippen LogP contribution in [0, 0.1) is 0 Å². The molecule has 2 heteroatoms. The van der Waals surface area contributed by atoms with Crippen LogP contribution in [0.15, 0.2) is 223 Å². The Balaban J connectivity index is 0.836. The van der Waals surface area contributed by atoms with Crippen molar-refractivity contribution in [3.8, 4) is 11.1 Å². The highest BCUT2D eigenvalue weighted by Gasteiger charge is 2.37. The standard InChI is InChI=1S/C63H54N2/c1-63(2)58-25-13-10-23-53(58)54-39-37-49(41-59(54)63)65(61-27-15-12-21-51(61)44-16-4-3-5-17-44)48-35-30-43(31-36-48)42-28-33-47(34-29-42)64-60-26-14-11-24-55(60)57-40-46-19-7-8-20-50(46)56-38-32-45-18-6-9-22-52(45)62(56)57/h4,6-7,9-19,21-28,30-42,57,62,64H,3,5,8,20,29H2,1-2H3. The van der Waals surface area contributed by atoms with E-state index in [4.69, 9.17) is 0 Å². The van der Waals surface area contributed by atoms with Crippen LogP contribution in [0.2, 0.25) is 0 Å². The van der Waals surface area contributed by atoms with E-state index in [1.54, 1.807) is 0 Å². The number of allylic oxidation sites excluding steroid dienone is 14. The fraction of sp³-hybridized carbons (Fsp3) is 0.175. The fourth-order valence-electron chi connectivity index (χ4n) is 11.7. The zero-order valence-electron chi connectivity index (χ0n) is 37.3. The van der Waals surface area contributed by atoms with E-state index in [0.717, 1.165) is 43.5 Å². The van der Waals surface area contributed by atoms with E-state index in [-0.39, 0.29) is 11.3 Å². The minimum absolute atomic E-state index is 0.0909. The lowest BCUT2D eigenvalue weighted by Crippen LogP contribution is -2.22. The molecule has 1 N–H and O–H groups in total. The van der Waals surface area contributed by atoms with E-state index >= 15 is 0 Å². The molecule has 65 heavy (non-hydrogen) atoms. The number of hydrogen-bond acceptors (Lipinski definition) is 2. The van der Waals surface area contributed by atoms with Gasteiger partial charge in [-0.25, -0.2) is 0 Å². The maximum Gasteiger partial charge on any atom is 0.0539 e. The van der Waals surface area contributed by atoms with Crippen LogP contribution in [0.3, 0.4) is 0 Å². The minimum atomic E-state index is -0.0909. The summed E-state index contributed by atoms with van der Waals surface area (Å²) in [5.74, 6) is 0.813. The number of nitrogens with zero attached hydrogens (tertiary/aromatic N) is 1. The SMILES string of the molecule is CC1(C)c2ccccc2-c2ccc(N(c3ccc(C4C=CC(Nc5ccccc5C5C=C6C=CCCC6=C6C=Cc7ccccc7C65)=CC4)cc3)c3ccccc3C3=CCCC=C3)cc21. The molecule has 3 atom stereocenters. The molecule has 316 valence electrons. The summed E-state index contributed by atoms with van der Waals surface area (Å²) in [6.07, 6.45) is 31.4. The van der Waals surface area contributed by atoms with Crippen molar-refractivity contribution in [1.82, 2.24) is 0 Å². The molecule has 6 aromatic rings. The first-order valence-electron chi connectivity index (χ1n) is 23.7. The Morgan fingerprint density at radius 3 is 2.17 bits per heavy atom. The molecule has 0 radical (unpaired) electrons. The number of para-hydroxylation sites is 2. The van der Waals surface area contributed by atoms with Gasteiger partial charge in [0.1, 0.15) is 0 Å². The monoisotopic (exact) mass is 838 g/mol. The third-order valence-electron chi connectivity index (χ3n) is 14.9.